The van der Waals surface area contributed by atoms with Gasteiger partial charge >= 0.3 is 0 Å². The number of halogens is 1. The van der Waals surface area contributed by atoms with Crippen LogP contribution in [0.2, 0.25) is 0 Å². The van der Waals surface area contributed by atoms with E-state index >= 15 is 0 Å². The lowest BCUT2D eigenvalue weighted by atomic mass is 10.5. The number of hydrogen-bond acceptors (Lipinski definition) is 4. The van der Waals surface area contributed by atoms with Crippen molar-refractivity contribution in [3.63, 3.8) is 0 Å². The van der Waals surface area contributed by atoms with E-state index in [4.69, 9.17) is 0 Å². The second kappa shape index (κ2) is 4.57. The van der Waals surface area contributed by atoms with E-state index in [0.717, 1.165) is 6.54 Å². The van der Waals surface area contributed by atoms with Crippen molar-refractivity contribution in [1.82, 2.24) is 9.97 Å². The molecule has 0 radical (unpaired) electrons. The number of anilines is 1. The lowest BCUT2D eigenvalue weighted by molar-refractivity contribution is 1.01. The summed E-state index contributed by atoms with van der Waals surface area (Å²) < 4.78 is 0. The highest BCUT2D eigenvalue weighted by atomic mass is 35.5. The Hall–Kier alpha value is -1.42. The molecule has 0 spiro atoms. The fourth-order valence-electron chi connectivity index (χ4n) is 0.960. The zero-order chi connectivity index (χ0) is 8.23. The first-order chi connectivity index (χ1) is 5.97. The third-order valence-corrected chi connectivity index (χ3v) is 1.51. The molecule has 1 aromatic rings. The van der Waals surface area contributed by atoms with Gasteiger partial charge in [-0.2, -0.15) is 0 Å². The molecule has 0 bridgehead atoms. The molecule has 1 aliphatic rings. The molecule has 0 fully saturated rings. The zero-order valence-corrected chi connectivity index (χ0v) is 7.68. The van der Waals surface area contributed by atoms with Crippen LogP contribution in [-0.2, 0) is 0 Å². The highest BCUT2D eigenvalue weighted by Crippen LogP contribution is 2.04. The first kappa shape index (κ1) is 9.67. The maximum Gasteiger partial charge on any atom is 0.230 e. The molecule has 2 rings (SSSR count). The van der Waals surface area contributed by atoms with Gasteiger partial charge in [-0.25, -0.2) is 15.0 Å². The standard InChI is InChI=1S/C8H8N4.ClH/c1-4-10-8(11-5-1)12-6-2-3-9-7-12;/h1-5,7H,6H2;1H. The minimum atomic E-state index is 0. The fourth-order valence-corrected chi connectivity index (χ4v) is 0.960. The Labute approximate surface area is 82.4 Å². The summed E-state index contributed by atoms with van der Waals surface area (Å²) >= 11 is 0. The molecule has 0 saturated carbocycles. The molecule has 4 nitrogen and oxygen atoms in total. The Morgan fingerprint density at radius 2 is 2.00 bits per heavy atom. The number of nitrogens with zero attached hydrogens (tertiary/aromatic N) is 4. The van der Waals surface area contributed by atoms with E-state index in [1.54, 1.807) is 31.0 Å². The van der Waals surface area contributed by atoms with Crippen LogP contribution < -0.4 is 4.90 Å². The van der Waals surface area contributed by atoms with Crippen molar-refractivity contribution in [2.75, 3.05) is 11.4 Å². The Bertz CT molecular complexity index is 309. The van der Waals surface area contributed by atoms with Gasteiger partial charge in [-0.05, 0) is 12.1 Å². The van der Waals surface area contributed by atoms with Crippen LogP contribution >= 0.6 is 12.4 Å². The van der Waals surface area contributed by atoms with E-state index in [0.29, 0.717) is 5.95 Å². The first-order valence-corrected chi connectivity index (χ1v) is 3.69. The summed E-state index contributed by atoms with van der Waals surface area (Å²) in [7, 11) is 0. The number of hydrogen-bond donors (Lipinski definition) is 0. The van der Waals surface area contributed by atoms with E-state index in [1.165, 1.54) is 0 Å². The molecule has 1 aromatic heterocycles. The third kappa shape index (κ3) is 2.26. The summed E-state index contributed by atoms with van der Waals surface area (Å²) in [4.78, 5) is 14.0. The van der Waals surface area contributed by atoms with Gasteiger partial charge in [-0.15, -0.1) is 12.4 Å². The Balaban J connectivity index is 0.000000845. The molecule has 13 heavy (non-hydrogen) atoms. The molecule has 68 valence electrons. The minimum Gasteiger partial charge on any atom is -0.297 e. The van der Waals surface area contributed by atoms with Crippen LogP contribution in [-0.4, -0.2) is 22.9 Å². The number of aliphatic imine (C=N–C) groups is 1. The SMILES string of the molecule is C1=CN=CN(c2ncccn2)C1.Cl. The van der Waals surface area contributed by atoms with Crippen molar-refractivity contribution < 1.29 is 0 Å². The lowest BCUT2D eigenvalue weighted by Gasteiger charge is -2.15. The molecular formula is C8H9ClN4. The average molecular weight is 197 g/mol. The Morgan fingerprint density at radius 3 is 2.62 bits per heavy atom. The second-order valence-electron chi connectivity index (χ2n) is 2.35. The van der Waals surface area contributed by atoms with Crippen molar-refractivity contribution >= 4 is 24.7 Å². The minimum absolute atomic E-state index is 0. The van der Waals surface area contributed by atoms with Crippen molar-refractivity contribution in [2.45, 2.75) is 0 Å². The maximum absolute atomic E-state index is 4.09. The zero-order valence-electron chi connectivity index (χ0n) is 6.87. The Morgan fingerprint density at radius 1 is 1.23 bits per heavy atom. The quantitative estimate of drug-likeness (QED) is 0.679. The average Bonchev–Trinajstić information content (AvgIpc) is 2.21. The highest BCUT2D eigenvalue weighted by molar-refractivity contribution is 5.85. The topological polar surface area (TPSA) is 41.4 Å². The van der Waals surface area contributed by atoms with Gasteiger partial charge in [0.2, 0.25) is 5.95 Å². The van der Waals surface area contributed by atoms with Crippen LogP contribution in [0, 0.1) is 0 Å². The summed E-state index contributed by atoms with van der Waals surface area (Å²) in [5.74, 6) is 0.686. The van der Waals surface area contributed by atoms with Gasteiger partial charge in [0, 0.05) is 25.1 Å². The van der Waals surface area contributed by atoms with Crippen LogP contribution in [0.5, 0.6) is 0 Å². The predicted octanol–water partition coefficient (Wildman–Crippen LogP) is 1.26. The van der Waals surface area contributed by atoms with Gasteiger partial charge in [0.1, 0.15) is 0 Å². The molecule has 2 heterocycles. The van der Waals surface area contributed by atoms with Crippen molar-refractivity contribution in [2.24, 2.45) is 4.99 Å². The lowest BCUT2D eigenvalue weighted by Crippen LogP contribution is -2.24. The van der Waals surface area contributed by atoms with Crippen molar-refractivity contribution in [1.29, 1.82) is 0 Å². The number of aromatic nitrogens is 2. The van der Waals surface area contributed by atoms with Gasteiger partial charge in [0.25, 0.3) is 0 Å². The van der Waals surface area contributed by atoms with Gasteiger partial charge < -0.3 is 0 Å². The maximum atomic E-state index is 4.09. The summed E-state index contributed by atoms with van der Waals surface area (Å²) in [5.41, 5.74) is 0. The molecule has 0 aromatic carbocycles. The molecule has 0 atom stereocenters. The van der Waals surface area contributed by atoms with Gasteiger partial charge in [-0.1, -0.05) is 0 Å². The van der Waals surface area contributed by atoms with E-state index in [-0.39, 0.29) is 12.4 Å². The highest BCUT2D eigenvalue weighted by Gasteiger charge is 2.04. The third-order valence-electron chi connectivity index (χ3n) is 1.51. The van der Waals surface area contributed by atoms with E-state index in [1.807, 2.05) is 11.0 Å². The van der Waals surface area contributed by atoms with Crippen LogP contribution in [0.25, 0.3) is 0 Å². The molecule has 1 aliphatic heterocycles. The second-order valence-corrected chi connectivity index (χ2v) is 2.35. The molecular weight excluding hydrogens is 188 g/mol. The largest absolute Gasteiger partial charge is 0.297 e. The van der Waals surface area contributed by atoms with Crippen LogP contribution in [0.15, 0.2) is 35.7 Å². The summed E-state index contributed by atoms with van der Waals surface area (Å²) in [5, 5.41) is 0. The normalized spacial score (nSPS) is 14.0. The van der Waals surface area contributed by atoms with Crippen molar-refractivity contribution in [3.05, 3.63) is 30.7 Å². The fraction of sp³-hybridized carbons (Fsp3) is 0.125. The summed E-state index contributed by atoms with van der Waals surface area (Å²) in [6.07, 6.45) is 8.87. The molecule has 0 N–H and O–H groups in total. The van der Waals surface area contributed by atoms with Crippen LogP contribution in [0.3, 0.4) is 0 Å². The first-order valence-electron chi connectivity index (χ1n) is 3.69. The predicted molar refractivity (Wildman–Crippen MR) is 54.3 cm³/mol. The number of rotatable bonds is 1. The van der Waals surface area contributed by atoms with Crippen LogP contribution in [0.4, 0.5) is 5.95 Å². The van der Waals surface area contributed by atoms with Gasteiger partial charge in [0.05, 0.1) is 6.34 Å². The van der Waals surface area contributed by atoms with Crippen molar-refractivity contribution in [3.8, 4) is 0 Å². The molecule has 0 saturated heterocycles. The van der Waals surface area contributed by atoms with E-state index < -0.39 is 0 Å². The van der Waals surface area contributed by atoms with Gasteiger partial charge in [0.15, 0.2) is 0 Å². The molecule has 0 unspecified atom stereocenters. The Kier molecular flexibility index (Phi) is 3.40. The van der Waals surface area contributed by atoms with E-state index in [9.17, 15) is 0 Å². The van der Waals surface area contributed by atoms with E-state index in [2.05, 4.69) is 15.0 Å². The summed E-state index contributed by atoms with van der Waals surface area (Å²) in [6.45, 7) is 0.785. The molecule has 5 heteroatoms. The summed E-state index contributed by atoms with van der Waals surface area (Å²) in [6, 6.07) is 1.79. The molecule has 0 amide bonds. The van der Waals surface area contributed by atoms with Crippen LogP contribution in [0.1, 0.15) is 0 Å². The monoisotopic (exact) mass is 196 g/mol. The smallest absolute Gasteiger partial charge is 0.230 e. The molecule has 0 aliphatic carbocycles. The van der Waals surface area contributed by atoms with Gasteiger partial charge in [-0.3, -0.25) is 4.90 Å².